The highest BCUT2D eigenvalue weighted by molar-refractivity contribution is 9.09. The summed E-state index contributed by atoms with van der Waals surface area (Å²) in [6.45, 7) is 2.12. The predicted octanol–water partition coefficient (Wildman–Crippen LogP) is 2.84. The third-order valence-corrected chi connectivity index (χ3v) is 3.59. The van der Waals surface area contributed by atoms with Gasteiger partial charge in [0.05, 0.1) is 5.69 Å². The molecule has 2 aromatic rings. The first kappa shape index (κ1) is 12.3. The first-order valence-corrected chi connectivity index (χ1v) is 6.79. The number of benzene rings is 1. The maximum absolute atomic E-state index is 4.14. The highest BCUT2D eigenvalue weighted by Crippen LogP contribution is 2.22. The molecule has 1 aromatic carbocycles. The van der Waals surface area contributed by atoms with Crippen molar-refractivity contribution in [1.82, 2.24) is 15.0 Å². The molecule has 1 atom stereocenters. The second kappa shape index (κ2) is 5.45. The smallest absolute Gasteiger partial charge is 0.0833 e. The van der Waals surface area contributed by atoms with Gasteiger partial charge in [-0.15, -0.1) is 5.10 Å². The van der Waals surface area contributed by atoms with E-state index in [-0.39, 0.29) is 0 Å². The summed E-state index contributed by atoms with van der Waals surface area (Å²) in [7, 11) is 1.90. The van der Waals surface area contributed by atoms with Gasteiger partial charge in [0.2, 0.25) is 0 Å². The topological polar surface area (TPSA) is 30.7 Å². The second-order valence-corrected chi connectivity index (χ2v) is 5.00. The van der Waals surface area contributed by atoms with Crippen molar-refractivity contribution < 1.29 is 0 Å². The van der Waals surface area contributed by atoms with Crippen LogP contribution in [0.5, 0.6) is 0 Å². The van der Waals surface area contributed by atoms with E-state index in [4.69, 9.17) is 0 Å². The minimum atomic E-state index is 0.451. The lowest BCUT2D eigenvalue weighted by Crippen LogP contribution is -2.05. The number of halogens is 1. The lowest BCUT2D eigenvalue weighted by atomic mass is 9.95. The molecule has 1 aromatic heterocycles. The molecule has 17 heavy (non-hydrogen) atoms. The monoisotopic (exact) mass is 293 g/mol. The summed E-state index contributed by atoms with van der Waals surface area (Å²) >= 11 is 3.59. The third kappa shape index (κ3) is 3.16. The van der Waals surface area contributed by atoms with Gasteiger partial charge in [-0.05, 0) is 18.4 Å². The largest absolute Gasteiger partial charge is 0.255 e. The molecule has 0 radical (unpaired) electrons. The van der Waals surface area contributed by atoms with E-state index in [0.717, 1.165) is 17.4 Å². The minimum Gasteiger partial charge on any atom is -0.255 e. The molecule has 0 N–H and O–H groups in total. The molecule has 0 amide bonds. The van der Waals surface area contributed by atoms with Gasteiger partial charge < -0.3 is 0 Å². The summed E-state index contributed by atoms with van der Waals surface area (Å²) in [6, 6.07) is 8.64. The Labute approximate surface area is 110 Å². The first-order valence-electron chi connectivity index (χ1n) is 5.67. The molecular weight excluding hydrogens is 278 g/mol. The van der Waals surface area contributed by atoms with Crippen molar-refractivity contribution in [3.8, 4) is 0 Å². The van der Waals surface area contributed by atoms with E-state index in [0.29, 0.717) is 5.92 Å². The molecule has 0 aliphatic heterocycles. The number of aromatic nitrogens is 3. The number of rotatable bonds is 4. The highest BCUT2D eigenvalue weighted by atomic mass is 79.9. The molecule has 90 valence electrons. The quantitative estimate of drug-likeness (QED) is 0.812. The Kier molecular flexibility index (Phi) is 3.94. The molecule has 0 fully saturated rings. The van der Waals surface area contributed by atoms with Gasteiger partial charge in [0, 0.05) is 25.0 Å². The van der Waals surface area contributed by atoms with Crippen molar-refractivity contribution in [2.45, 2.75) is 19.3 Å². The van der Waals surface area contributed by atoms with Gasteiger partial charge in [0.1, 0.15) is 0 Å². The van der Waals surface area contributed by atoms with Crippen molar-refractivity contribution in [2.24, 2.45) is 7.05 Å². The zero-order valence-corrected chi connectivity index (χ0v) is 11.7. The average Bonchev–Trinajstić information content (AvgIpc) is 2.72. The van der Waals surface area contributed by atoms with Crippen LogP contribution in [-0.2, 0) is 13.5 Å². The lowest BCUT2D eigenvalue weighted by Gasteiger charge is -2.13. The fraction of sp³-hybridized carbons (Fsp3) is 0.385. The zero-order valence-electron chi connectivity index (χ0n) is 10.1. The minimum absolute atomic E-state index is 0.451. The van der Waals surface area contributed by atoms with Crippen molar-refractivity contribution in [3.63, 3.8) is 0 Å². The van der Waals surface area contributed by atoms with Gasteiger partial charge in [0.25, 0.3) is 0 Å². The van der Waals surface area contributed by atoms with Crippen LogP contribution in [0.2, 0.25) is 0 Å². The zero-order chi connectivity index (χ0) is 12.3. The Morgan fingerprint density at radius 2 is 2.24 bits per heavy atom. The SMILES string of the molecule is Cc1cccc(C(CBr)Cc2cn(C)nn2)c1. The van der Waals surface area contributed by atoms with Crippen molar-refractivity contribution in [1.29, 1.82) is 0 Å². The van der Waals surface area contributed by atoms with Crippen LogP contribution < -0.4 is 0 Å². The van der Waals surface area contributed by atoms with Crippen LogP contribution in [-0.4, -0.2) is 20.3 Å². The Bertz CT molecular complexity index is 493. The number of alkyl halides is 1. The van der Waals surface area contributed by atoms with Crippen LogP contribution in [0.3, 0.4) is 0 Å². The molecular formula is C13H16BrN3. The van der Waals surface area contributed by atoms with E-state index in [1.165, 1.54) is 11.1 Å². The Hall–Kier alpha value is -1.16. The van der Waals surface area contributed by atoms with E-state index in [1.54, 1.807) is 4.68 Å². The lowest BCUT2D eigenvalue weighted by molar-refractivity contribution is 0.708. The van der Waals surface area contributed by atoms with Gasteiger partial charge in [-0.25, -0.2) is 0 Å². The van der Waals surface area contributed by atoms with Gasteiger partial charge in [0.15, 0.2) is 0 Å². The van der Waals surface area contributed by atoms with E-state index < -0.39 is 0 Å². The van der Waals surface area contributed by atoms with Crippen molar-refractivity contribution in [3.05, 3.63) is 47.3 Å². The number of nitrogens with zero attached hydrogens (tertiary/aromatic N) is 3. The van der Waals surface area contributed by atoms with E-state index >= 15 is 0 Å². The van der Waals surface area contributed by atoms with Gasteiger partial charge in [-0.2, -0.15) is 0 Å². The van der Waals surface area contributed by atoms with E-state index in [1.807, 2.05) is 13.2 Å². The Balaban J connectivity index is 2.16. The van der Waals surface area contributed by atoms with Gasteiger partial charge >= 0.3 is 0 Å². The summed E-state index contributed by atoms with van der Waals surface area (Å²) in [5.41, 5.74) is 3.69. The van der Waals surface area contributed by atoms with Crippen LogP contribution in [0.25, 0.3) is 0 Å². The van der Waals surface area contributed by atoms with Crippen molar-refractivity contribution >= 4 is 15.9 Å². The molecule has 2 rings (SSSR count). The standard InChI is InChI=1S/C13H16BrN3/c1-10-4-3-5-11(6-10)12(8-14)7-13-9-17(2)16-15-13/h3-6,9,12H,7-8H2,1-2H3. The van der Waals surface area contributed by atoms with E-state index in [9.17, 15) is 0 Å². The third-order valence-electron chi connectivity index (χ3n) is 2.81. The molecule has 4 heteroatoms. The molecule has 0 saturated carbocycles. The summed E-state index contributed by atoms with van der Waals surface area (Å²) in [4.78, 5) is 0. The van der Waals surface area contributed by atoms with E-state index in [2.05, 4.69) is 57.4 Å². The Morgan fingerprint density at radius 1 is 1.41 bits per heavy atom. The number of hydrogen-bond donors (Lipinski definition) is 0. The first-order chi connectivity index (χ1) is 8.19. The maximum atomic E-state index is 4.14. The molecule has 0 aliphatic carbocycles. The average molecular weight is 294 g/mol. The highest BCUT2D eigenvalue weighted by Gasteiger charge is 2.13. The van der Waals surface area contributed by atoms with Gasteiger partial charge in [-0.1, -0.05) is 51.0 Å². The fourth-order valence-corrected chi connectivity index (χ4v) is 2.53. The summed E-state index contributed by atoms with van der Waals surface area (Å²) in [5, 5.41) is 9.05. The number of aryl methyl sites for hydroxylation is 2. The predicted molar refractivity (Wildman–Crippen MR) is 72.4 cm³/mol. The fourth-order valence-electron chi connectivity index (χ4n) is 1.93. The second-order valence-electron chi connectivity index (χ2n) is 4.35. The Morgan fingerprint density at radius 3 is 2.82 bits per heavy atom. The molecule has 0 aliphatic rings. The van der Waals surface area contributed by atoms with Gasteiger partial charge in [-0.3, -0.25) is 4.68 Å². The molecule has 3 nitrogen and oxygen atoms in total. The molecule has 1 heterocycles. The van der Waals surface area contributed by atoms with Crippen LogP contribution in [0.4, 0.5) is 0 Å². The van der Waals surface area contributed by atoms with Crippen LogP contribution in [0, 0.1) is 6.92 Å². The van der Waals surface area contributed by atoms with Crippen molar-refractivity contribution in [2.75, 3.05) is 5.33 Å². The molecule has 0 bridgehead atoms. The summed E-state index contributed by atoms with van der Waals surface area (Å²) in [5.74, 6) is 0.451. The van der Waals surface area contributed by atoms with Crippen LogP contribution in [0.15, 0.2) is 30.5 Å². The summed E-state index contributed by atoms with van der Waals surface area (Å²) in [6.07, 6.45) is 2.90. The van der Waals surface area contributed by atoms with Crippen LogP contribution >= 0.6 is 15.9 Å². The maximum Gasteiger partial charge on any atom is 0.0833 e. The summed E-state index contributed by atoms with van der Waals surface area (Å²) < 4.78 is 1.75. The van der Waals surface area contributed by atoms with Crippen LogP contribution in [0.1, 0.15) is 22.7 Å². The normalized spacial score (nSPS) is 12.6. The molecule has 1 unspecified atom stereocenters. The molecule has 0 saturated heterocycles. The molecule has 0 spiro atoms. The number of hydrogen-bond acceptors (Lipinski definition) is 2.